The summed E-state index contributed by atoms with van der Waals surface area (Å²) in [4.78, 5) is 0. The molecule has 0 heterocycles. The van der Waals surface area contributed by atoms with E-state index in [1.807, 2.05) is 12.1 Å². The fourth-order valence-electron chi connectivity index (χ4n) is 2.89. The van der Waals surface area contributed by atoms with E-state index in [9.17, 15) is 0 Å². The topological polar surface area (TPSA) is 49.8 Å². The fourth-order valence-corrected chi connectivity index (χ4v) is 2.89. The summed E-state index contributed by atoms with van der Waals surface area (Å²) >= 11 is 0. The summed E-state index contributed by atoms with van der Waals surface area (Å²) < 4.78 is 0. The molecule has 2 heteroatoms. The van der Waals surface area contributed by atoms with Crippen LogP contribution in [-0.2, 0) is 6.42 Å². The summed E-state index contributed by atoms with van der Waals surface area (Å²) in [6, 6.07) is 8.27. The summed E-state index contributed by atoms with van der Waals surface area (Å²) in [6.45, 7) is 4.69. The Labute approximate surface area is 110 Å². The van der Waals surface area contributed by atoms with E-state index < -0.39 is 0 Å². The van der Waals surface area contributed by atoms with Gasteiger partial charge >= 0.3 is 0 Å². The standard InChI is InChI=1S/C16H22N2/c1-16(2)8-5-13(6-9-16)14-11-12(7-10-17)3-4-15(14)18/h3-4,11,13H,5-9,18H2,1-2H3. The van der Waals surface area contributed by atoms with Gasteiger partial charge in [-0.05, 0) is 54.2 Å². The van der Waals surface area contributed by atoms with Crippen LogP contribution in [-0.4, -0.2) is 0 Å². The monoisotopic (exact) mass is 242 g/mol. The smallest absolute Gasteiger partial charge is 0.0669 e. The van der Waals surface area contributed by atoms with Crippen molar-refractivity contribution in [3.8, 4) is 6.07 Å². The molecule has 2 rings (SSSR count). The highest BCUT2D eigenvalue weighted by Gasteiger charge is 2.28. The highest BCUT2D eigenvalue weighted by Crippen LogP contribution is 2.43. The van der Waals surface area contributed by atoms with Gasteiger partial charge in [0.2, 0.25) is 0 Å². The predicted molar refractivity (Wildman–Crippen MR) is 75.2 cm³/mol. The Morgan fingerprint density at radius 1 is 1.33 bits per heavy atom. The van der Waals surface area contributed by atoms with E-state index in [1.165, 1.54) is 31.2 Å². The van der Waals surface area contributed by atoms with Crippen LogP contribution in [0.5, 0.6) is 0 Å². The van der Waals surface area contributed by atoms with Crippen molar-refractivity contribution >= 4 is 5.69 Å². The summed E-state index contributed by atoms with van der Waals surface area (Å²) in [5.41, 5.74) is 9.82. The number of hydrogen-bond donors (Lipinski definition) is 1. The van der Waals surface area contributed by atoms with Gasteiger partial charge in [-0.3, -0.25) is 0 Å². The third kappa shape index (κ3) is 2.85. The van der Waals surface area contributed by atoms with E-state index in [4.69, 9.17) is 11.0 Å². The van der Waals surface area contributed by atoms with Crippen molar-refractivity contribution in [1.82, 2.24) is 0 Å². The third-order valence-corrected chi connectivity index (χ3v) is 4.21. The molecule has 2 N–H and O–H groups in total. The van der Waals surface area contributed by atoms with Crippen LogP contribution < -0.4 is 5.73 Å². The molecule has 0 aromatic heterocycles. The van der Waals surface area contributed by atoms with E-state index >= 15 is 0 Å². The van der Waals surface area contributed by atoms with Gasteiger partial charge in [-0.1, -0.05) is 26.0 Å². The van der Waals surface area contributed by atoms with E-state index in [2.05, 4.69) is 26.0 Å². The molecule has 0 saturated heterocycles. The molecule has 0 aliphatic heterocycles. The lowest BCUT2D eigenvalue weighted by molar-refractivity contribution is 0.224. The summed E-state index contributed by atoms with van der Waals surface area (Å²) in [5, 5.41) is 8.78. The number of benzene rings is 1. The second-order valence-electron chi connectivity index (χ2n) is 6.24. The summed E-state index contributed by atoms with van der Waals surface area (Å²) in [5.74, 6) is 0.580. The molecular weight excluding hydrogens is 220 g/mol. The Balaban J connectivity index is 2.18. The molecule has 0 amide bonds. The lowest BCUT2D eigenvalue weighted by atomic mass is 9.71. The van der Waals surface area contributed by atoms with Gasteiger partial charge in [0.1, 0.15) is 0 Å². The Morgan fingerprint density at radius 2 is 2.00 bits per heavy atom. The first-order valence-electron chi connectivity index (χ1n) is 6.77. The average molecular weight is 242 g/mol. The van der Waals surface area contributed by atoms with E-state index in [-0.39, 0.29) is 0 Å². The molecule has 1 saturated carbocycles. The lowest BCUT2D eigenvalue weighted by Gasteiger charge is -2.35. The van der Waals surface area contributed by atoms with Gasteiger partial charge in [-0.25, -0.2) is 0 Å². The van der Waals surface area contributed by atoms with Crippen molar-refractivity contribution in [3.05, 3.63) is 29.3 Å². The largest absolute Gasteiger partial charge is 0.398 e. The molecule has 0 spiro atoms. The minimum Gasteiger partial charge on any atom is -0.398 e. The summed E-state index contributed by atoms with van der Waals surface area (Å²) in [7, 11) is 0. The molecule has 0 bridgehead atoms. The number of anilines is 1. The van der Waals surface area contributed by atoms with E-state index in [0.717, 1.165) is 11.3 Å². The van der Waals surface area contributed by atoms with Gasteiger partial charge in [0.15, 0.2) is 0 Å². The molecule has 0 atom stereocenters. The van der Waals surface area contributed by atoms with E-state index in [1.54, 1.807) is 0 Å². The molecular formula is C16H22N2. The quantitative estimate of drug-likeness (QED) is 0.796. The van der Waals surface area contributed by atoms with Gasteiger partial charge in [0.05, 0.1) is 12.5 Å². The van der Waals surface area contributed by atoms with E-state index in [0.29, 0.717) is 17.8 Å². The summed E-state index contributed by atoms with van der Waals surface area (Å²) in [6.07, 6.45) is 5.44. The van der Waals surface area contributed by atoms with Crippen molar-refractivity contribution < 1.29 is 0 Å². The minimum atomic E-state index is 0.478. The second kappa shape index (κ2) is 5.02. The molecule has 18 heavy (non-hydrogen) atoms. The maximum absolute atomic E-state index is 8.78. The maximum atomic E-state index is 8.78. The third-order valence-electron chi connectivity index (χ3n) is 4.21. The van der Waals surface area contributed by atoms with Crippen LogP contribution in [0.1, 0.15) is 56.6 Å². The lowest BCUT2D eigenvalue weighted by Crippen LogP contribution is -2.20. The van der Waals surface area contributed by atoms with Crippen LogP contribution in [0.2, 0.25) is 0 Å². The van der Waals surface area contributed by atoms with Gasteiger partial charge in [-0.15, -0.1) is 0 Å². The maximum Gasteiger partial charge on any atom is 0.0669 e. The highest BCUT2D eigenvalue weighted by molar-refractivity contribution is 5.51. The Morgan fingerprint density at radius 3 is 2.61 bits per heavy atom. The zero-order valence-electron chi connectivity index (χ0n) is 11.4. The first kappa shape index (κ1) is 13.0. The molecule has 0 unspecified atom stereocenters. The van der Waals surface area contributed by atoms with Crippen LogP contribution in [0.4, 0.5) is 5.69 Å². The van der Waals surface area contributed by atoms with Crippen molar-refractivity contribution in [2.75, 3.05) is 5.73 Å². The number of nitrogen functional groups attached to an aromatic ring is 1. The minimum absolute atomic E-state index is 0.478. The molecule has 96 valence electrons. The Hall–Kier alpha value is -1.49. The molecule has 2 nitrogen and oxygen atoms in total. The Bertz CT molecular complexity index is 458. The molecule has 1 aromatic rings. The molecule has 1 fully saturated rings. The first-order valence-corrected chi connectivity index (χ1v) is 6.77. The number of rotatable bonds is 2. The van der Waals surface area contributed by atoms with Crippen LogP contribution >= 0.6 is 0 Å². The average Bonchev–Trinajstić information content (AvgIpc) is 2.32. The number of nitriles is 1. The van der Waals surface area contributed by atoms with Crippen molar-refractivity contribution in [1.29, 1.82) is 5.26 Å². The fraction of sp³-hybridized carbons (Fsp3) is 0.562. The van der Waals surface area contributed by atoms with Crippen molar-refractivity contribution in [3.63, 3.8) is 0 Å². The van der Waals surface area contributed by atoms with Gasteiger partial charge in [0, 0.05) is 5.69 Å². The SMILES string of the molecule is CC1(C)CCC(c2cc(CC#N)ccc2N)CC1. The van der Waals surface area contributed by atoms with Crippen LogP contribution in [0.3, 0.4) is 0 Å². The van der Waals surface area contributed by atoms with Crippen LogP contribution in [0.15, 0.2) is 18.2 Å². The Kier molecular flexibility index (Phi) is 3.61. The van der Waals surface area contributed by atoms with Crippen LogP contribution in [0, 0.1) is 16.7 Å². The van der Waals surface area contributed by atoms with Crippen molar-refractivity contribution in [2.24, 2.45) is 5.41 Å². The number of hydrogen-bond acceptors (Lipinski definition) is 2. The van der Waals surface area contributed by atoms with Gasteiger partial charge in [0.25, 0.3) is 0 Å². The van der Waals surface area contributed by atoms with Crippen molar-refractivity contribution in [2.45, 2.75) is 51.9 Å². The van der Waals surface area contributed by atoms with Crippen LogP contribution in [0.25, 0.3) is 0 Å². The first-order chi connectivity index (χ1) is 8.52. The zero-order valence-corrected chi connectivity index (χ0v) is 11.4. The molecule has 1 aliphatic carbocycles. The highest BCUT2D eigenvalue weighted by atomic mass is 14.6. The zero-order chi connectivity index (χ0) is 13.2. The van der Waals surface area contributed by atoms with Gasteiger partial charge in [-0.2, -0.15) is 5.26 Å². The number of nitrogens with zero attached hydrogens (tertiary/aromatic N) is 1. The van der Waals surface area contributed by atoms with Gasteiger partial charge < -0.3 is 5.73 Å². The predicted octanol–water partition coefficient (Wildman–Crippen LogP) is 4.02. The second-order valence-corrected chi connectivity index (χ2v) is 6.24. The molecule has 0 radical (unpaired) electrons. The molecule has 1 aliphatic rings. The normalized spacial score (nSPS) is 19.4. The number of nitrogens with two attached hydrogens (primary N) is 1. The molecule has 1 aromatic carbocycles.